The number of carbonyl (C=O) groups excluding carboxylic acids is 1. The second kappa shape index (κ2) is 6.85. The van der Waals surface area contributed by atoms with Crippen LogP contribution in [0.15, 0.2) is 24.5 Å². The molecule has 0 saturated carbocycles. The van der Waals surface area contributed by atoms with Crippen molar-refractivity contribution in [1.29, 1.82) is 0 Å². The van der Waals surface area contributed by atoms with Crippen LogP contribution >= 0.6 is 0 Å². The Balaban J connectivity index is 2.46. The van der Waals surface area contributed by atoms with Crippen LogP contribution in [0.5, 0.6) is 0 Å². The van der Waals surface area contributed by atoms with Crippen LogP contribution in [-0.4, -0.2) is 28.8 Å². The molecule has 0 aromatic carbocycles. The number of urea groups is 1. The van der Waals surface area contributed by atoms with E-state index in [2.05, 4.69) is 15.6 Å². The van der Waals surface area contributed by atoms with E-state index in [1.165, 1.54) is 0 Å². The fourth-order valence-electron chi connectivity index (χ4n) is 1.44. The Hall–Kier alpha value is -1.62. The zero-order valence-corrected chi connectivity index (χ0v) is 10.2. The van der Waals surface area contributed by atoms with Crippen molar-refractivity contribution in [3.63, 3.8) is 0 Å². The number of nitrogens with one attached hydrogen (secondary N) is 2. The lowest BCUT2D eigenvalue weighted by Crippen LogP contribution is -2.44. The van der Waals surface area contributed by atoms with E-state index in [0.29, 0.717) is 6.42 Å². The van der Waals surface area contributed by atoms with E-state index in [1.54, 1.807) is 12.4 Å². The molecule has 0 bridgehead atoms. The van der Waals surface area contributed by atoms with Crippen molar-refractivity contribution in [1.82, 2.24) is 15.6 Å². The number of aliphatic hydroxyl groups is 1. The Morgan fingerprint density at radius 3 is 2.59 bits per heavy atom. The van der Waals surface area contributed by atoms with Crippen LogP contribution in [-0.2, 0) is 0 Å². The quantitative estimate of drug-likeness (QED) is 0.720. The Morgan fingerprint density at radius 2 is 2.06 bits per heavy atom. The number of aliphatic hydroxyl groups excluding tert-OH is 1. The molecule has 1 rings (SSSR count). The molecule has 5 nitrogen and oxygen atoms in total. The van der Waals surface area contributed by atoms with Gasteiger partial charge in [-0.05, 0) is 31.0 Å². The fraction of sp³-hybridized carbons (Fsp3) is 0.500. The summed E-state index contributed by atoms with van der Waals surface area (Å²) in [6, 6.07) is 3.16. The second-order valence-corrected chi connectivity index (χ2v) is 3.91. The molecule has 1 aromatic heterocycles. The first-order valence-electron chi connectivity index (χ1n) is 5.75. The number of amides is 2. The highest BCUT2D eigenvalue weighted by Gasteiger charge is 2.12. The lowest BCUT2D eigenvalue weighted by Gasteiger charge is -2.18. The maximum absolute atomic E-state index is 11.6. The summed E-state index contributed by atoms with van der Waals surface area (Å²) >= 11 is 0. The maximum Gasteiger partial charge on any atom is 0.315 e. The zero-order valence-electron chi connectivity index (χ0n) is 10.2. The van der Waals surface area contributed by atoms with Gasteiger partial charge in [0, 0.05) is 12.4 Å². The molecule has 1 heterocycles. The highest BCUT2D eigenvalue weighted by molar-refractivity contribution is 5.74. The molecule has 0 saturated heterocycles. The number of carbonyl (C=O) groups is 1. The third-order valence-corrected chi connectivity index (χ3v) is 2.60. The van der Waals surface area contributed by atoms with Crippen molar-refractivity contribution in [3.05, 3.63) is 30.1 Å². The average molecular weight is 237 g/mol. The summed E-state index contributed by atoms with van der Waals surface area (Å²) in [5, 5.41) is 14.5. The minimum absolute atomic E-state index is 0.0481. The predicted molar refractivity (Wildman–Crippen MR) is 65.5 cm³/mol. The van der Waals surface area contributed by atoms with Gasteiger partial charge in [-0.25, -0.2) is 4.79 Å². The van der Waals surface area contributed by atoms with E-state index < -0.39 is 0 Å². The van der Waals surface area contributed by atoms with Gasteiger partial charge >= 0.3 is 6.03 Å². The van der Waals surface area contributed by atoms with Crippen LogP contribution in [0.1, 0.15) is 31.9 Å². The number of hydrogen-bond acceptors (Lipinski definition) is 3. The molecule has 2 unspecified atom stereocenters. The molecule has 0 aliphatic carbocycles. The number of pyridine rings is 1. The van der Waals surface area contributed by atoms with Gasteiger partial charge < -0.3 is 15.7 Å². The van der Waals surface area contributed by atoms with Gasteiger partial charge in [-0.3, -0.25) is 4.98 Å². The normalized spacial score (nSPS) is 13.8. The van der Waals surface area contributed by atoms with Gasteiger partial charge in [-0.1, -0.05) is 6.92 Å². The fourth-order valence-corrected chi connectivity index (χ4v) is 1.44. The molecule has 0 aliphatic heterocycles. The first-order chi connectivity index (χ1) is 8.17. The Bertz CT molecular complexity index is 339. The number of rotatable bonds is 5. The van der Waals surface area contributed by atoms with E-state index in [1.807, 2.05) is 26.0 Å². The van der Waals surface area contributed by atoms with Crippen LogP contribution in [0, 0.1) is 0 Å². The highest BCUT2D eigenvalue weighted by Crippen LogP contribution is 2.09. The number of nitrogens with zero attached hydrogens (tertiary/aromatic N) is 1. The molecule has 2 amide bonds. The van der Waals surface area contributed by atoms with E-state index in [4.69, 9.17) is 5.11 Å². The number of aromatic nitrogens is 1. The summed E-state index contributed by atoms with van der Waals surface area (Å²) in [4.78, 5) is 15.5. The highest BCUT2D eigenvalue weighted by atomic mass is 16.3. The molecule has 17 heavy (non-hydrogen) atoms. The average Bonchev–Trinajstić information content (AvgIpc) is 2.37. The lowest BCUT2D eigenvalue weighted by atomic mass is 10.1. The van der Waals surface area contributed by atoms with Crippen LogP contribution in [0.4, 0.5) is 4.79 Å². The zero-order chi connectivity index (χ0) is 12.7. The Morgan fingerprint density at radius 1 is 1.41 bits per heavy atom. The molecule has 3 N–H and O–H groups in total. The smallest absolute Gasteiger partial charge is 0.315 e. The summed E-state index contributed by atoms with van der Waals surface area (Å²) in [5.41, 5.74) is 0.993. The summed E-state index contributed by atoms with van der Waals surface area (Å²) in [6.45, 7) is 3.76. The number of hydrogen-bond donors (Lipinski definition) is 3. The molecule has 5 heteroatoms. The summed E-state index contributed by atoms with van der Waals surface area (Å²) in [7, 11) is 0. The van der Waals surface area contributed by atoms with E-state index in [-0.39, 0.29) is 24.7 Å². The molecule has 0 aliphatic rings. The van der Waals surface area contributed by atoms with Gasteiger partial charge in [-0.2, -0.15) is 0 Å². The van der Waals surface area contributed by atoms with E-state index >= 15 is 0 Å². The molecular weight excluding hydrogens is 218 g/mol. The molecule has 0 fully saturated rings. The third-order valence-electron chi connectivity index (χ3n) is 2.60. The van der Waals surface area contributed by atoms with Gasteiger partial charge in [0.25, 0.3) is 0 Å². The first kappa shape index (κ1) is 13.4. The molecule has 94 valence electrons. The SMILES string of the molecule is CCC(CO)NC(=O)NC(C)c1ccncc1. The summed E-state index contributed by atoms with van der Waals surface area (Å²) < 4.78 is 0. The largest absolute Gasteiger partial charge is 0.394 e. The molecule has 0 spiro atoms. The van der Waals surface area contributed by atoms with Gasteiger partial charge in [0.1, 0.15) is 0 Å². The molecular formula is C12H19N3O2. The van der Waals surface area contributed by atoms with Crippen LogP contribution in [0.2, 0.25) is 0 Å². The summed E-state index contributed by atoms with van der Waals surface area (Å²) in [5.74, 6) is 0. The second-order valence-electron chi connectivity index (χ2n) is 3.91. The molecule has 0 radical (unpaired) electrons. The predicted octanol–water partition coefficient (Wildman–Crippen LogP) is 1.21. The lowest BCUT2D eigenvalue weighted by molar-refractivity contribution is 0.212. The molecule has 1 aromatic rings. The summed E-state index contributed by atoms with van der Waals surface area (Å²) in [6.07, 6.45) is 4.08. The standard InChI is InChI=1S/C12H19N3O2/c1-3-11(8-16)15-12(17)14-9(2)10-4-6-13-7-5-10/h4-7,9,11,16H,3,8H2,1-2H3,(H2,14,15,17). The van der Waals surface area contributed by atoms with Gasteiger partial charge in [-0.15, -0.1) is 0 Å². The van der Waals surface area contributed by atoms with Crippen molar-refractivity contribution in [2.75, 3.05) is 6.61 Å². The van der Waals surface area contributed by atoms with E-state index in [0.717, 1.165) is 5.56 Å². The Kier molecular flexibility index (Phi) is 5.42. The maximum atomic E-state index is 11.6. The van der Waals surface area contributed by atoms with Crippen molar-refractivity contribution in [2.45, 2.75) is 32.4 Å². The third kappa shape index (κ3) is 4.40. The van der Waals surface area contributed by atoms with Crippen molar-refractivity contribution in [2.24, 2.45) is 0 Å². The van der Waals surface area contributed by atoms with E-state index in [9.17, 15) is 4.79 Å². The van der Waals surface area contributed by atoms with Gasteiger partial charge in [0.2, 0.25) is 0 Å². The van der Waals surface area contributed by atoms with Crippen LogP contribution < -0.4 is 10.6 Å². The topological polar surface area (TPSA) is 74.2 Å². The minimum atomic E-state index is -0.268. The minimum Gasteiger partial charge on any atom is -0.394 e. The van der Waals surface area contributed by atoms with Crippen molar-refractivity contribution >= 4 is 6.03 Å². The first-order valence-corrected chi connectivity index (χ1v) is 5.75. The van der Waals surface area contributed by atoms with Crippen molar-refractivity contribution < 1.29 is 9.90 Å². The molecule has 2 atom stereocenters. The monoisotopic (exact) mass is 237 g/mol. The van der Waals surface area contributed by atoms with Gasteiger partial charge in [0.05, 0.1) is 18.7 Å². The Labute approximate surface area is 101 Å². The van der Waals surface area contributed by atoms with Crippen LogP contribution in [0.25, 0.3) is 0 Å². The van der Waals surface area contributed by atoms with Crippen LogP contribution in [0.3, 0.4) is 0 Å². The van der Waals surface area contributed by atoms with Crippen molar-refractivity contribution in [3.8, 4) is 0 Å². The van der Waals surface area contributed by atoms with Gasteiger partial charge in [0.15, 0.2) is 0 Å².